The molecule has 0 fully saturated rings. The van der Waals surface area contributed by atoms with Gasteiger partial charge in [-0.25, -0.2) is 9.37 Å². The van der Waals surface area contributed by atoms with E-state index < -0.39 is 0 Å². The highest BCUT2D eigenvalue weighted by molar-refractivity contribution is 6.30. The molecule has 0 aliphatic heterocycles. The Morgan fingerprint density at radius 2 is 2.00 bits per heavy atom. The van der Waals surface area contributed by atoms with Gasteiger partial charge in [0.2, 0.25) is 5.91 Å². The van der Waals surface area contributed by atoms with Crippen molar-refractivity contribution in [3.8, 4) is 0 Å². The van der Waals surface area contributed by atoms with Crippen molar-refractivity contribution in [1.29, 1.82) is 0 Å². The molecular formula is C20H17ClFN3O. The van der Waals surface area contributed by atoms with Gasteiger partial charge < -0.3 is 10.6 Å². The van der Waals surface area contributed by atoms with Gasteiger partial charge in [-0.3, -0.25) is 4.79 Å². The van der Waals surface area contributed by atoms with Gasteiger partial charge >= 0.3 is 0 Å². The molecule has 0 spiro atoms. The zero-order chi connectivity index (χ0) is 18.5. The summed E-state index contributed by atoms with van der Waals surface area (Å²) >= 11 is 6.01. The zero-order valence-corrected chi connectivity index (χ0v) is 14.8. The van der Waals surface area contributed by atoms with Gasteiger partial charge in [0.1, 0.15) is 11.6 Å². The second kappa shape index (κ2) is 7.97. The minimum atomic E-state index is -0.358. The monoisotopic (exact) mass is 369 g/mol. The predicted octanol–water partition coefficient (Wildman–Crippen LogP) is 5.11. The second-order valence-corrected chi connectivity index (χ2v) is 6.31. The molecule has 26 heavy (non-hydrogen) atoms. The van der Waals surface area contributed by atoms with Gasteiger partial charge in [0, 0.05) is 10.7 Å². The summed E-state index contributed by atoms with van der Waals surface area (Å²) in [5.74, 6) is 0.0472. The number of rotatable bonds is 5. The first-order valence-corrected chi connectivity index (χ1v) is 8.41. The van der Waals surface area contributed by atoms with Crippen LogP contribution in [-0.4, -0.2) is 10.9 Å². The number of hydrogen-bond acceptors (Lipinski definition) is 3. The van der Waals surface area contributed by atoms with Crippen molar-refractivity contribution >= 4 is 34.7 Å². The predicted molar refractivity (Wildman–Crippen MR) is 102 cm³/mol. The van der Waals surface area contributed by atoms with E-state index in [4.69, 9.17) is 11.6 Å². The van der Waals surface area contributed by atoms with Crippen LogP contribution in [0.25, 0.3) is 0 Å². The number of nitrogens with one attached hydrogen (secondary N) is 2. The van der Waals surface area contributed by atoms with Gasteiger partial charge in [0.15, 0.2) is 0 Å². The number of hydrogen-bond donors (Lipinski definition) is 2. The molecule has 0 aliphatic carbocycles. The normalized spacial score (nSPS) is 10.4. The highest BCUT2D eigenvalue weighted by Gasteiger charge is 2.06. The van der Waals surface area contributed by atoms with E-state index in [9.17, 15) is 9.18 Å². The Hall–Kier alpha value is -2.92. The number of carbonyl (C=O) groups excluding carboxylic acids is 1. The number of anilines is 3. The molecule has 1 aromatic heterocycles. The summed E-state index contributed by atoms with van der Waals surface area (Å²) in [6.45, 7) is 1.97. The third-order valence-electron chi connectivity index (χ3n) is 3.76. The number of benzene rings is 2. The molecule has 4 nitrogen and oxygen atoms in total. The zero-order valence-electron chi connectivity index (χ0n) is 14.1. The molecular weight excluding hydrogens is 353 g/mol. The quantitative estimate of drug-likeness (QED) is 0.657. The summed E-state index contributed by atoms with van der Waals surface area (Å²) in [5.41, 5.74) is 3.10. The third kappa shape index (κ3) is 4.80. The van der Waals surface area contributed by atoms with E-state index in [2.05, 4.69) is 15.6 Å². The molecule has 3 aromatic rings. The van der Waals surface area contributed by atoms with Gasteiger partial charge in [-0.1, -0.05) is 29.8 Å². The van der Waals surface area contributed by atoms with Crippen LogP contribution in [0.15, 0.2) is 60.8 Å². The molecule has 0 aliphatic rings. The first-order chi connectivity index (χ1) is 12.5. The Morgan fingerprint density at radius 3 is 2.73 bits per heavy atom. The minimum absolute atomic E-state index is 0.0967. The highest BCUT2D eigenvalue weighted by atomic mass is 35.5. The van der Waals surface area contributed by atoms with E-state index in [1.807, 2.05) is 25.1 Å². The van der Waals surface area contributed by atoms with Crippen LogP contribution in [0, 0.1) is 12.7 Å². The van der Waals surface area contributed by atoms with Crippen LogP contribution >= 0.6 is 11.6 Å². The van der Waals surface area contributed by atoms with Crippen LogP contribution in [0.4, 0.5) is 21.6 Å². The summed E-state index contributed by atoms with van der Waals surface area (Å²) in [4.78, 5) is 16.3. The number of pyridine rings is 1. The first-order valence-electron chi connectivity index (χ1n) is 8.03. The average Bonchev–Trinajstić information content (AvgIpc) is 2.60. The molecule has 0 saturated heterocycles. The molecule has 0 unspecified atom stereocenters. The lowest BCUT2D eigenvalue weighted by Crippen LogP contribution is -2.14. The van der Waals surface area contributed by atoms with Crippen molar-refractivity contribution < 1.29 is 9.18 Å². The number of amides is 1. The summed E-state index contributed by atoms with van der Waals surface area (Å²) in [6, 6.07) is 15.1. The van der Waals surface area contributed by atoms with E-state index in [1.54, 1.807) is 30.5 Å². The summed E-state index contributed by atoms with van der Waals surface area (Å²) < 4.78 is 13.2. The number of nitrogens with zero attached hydrogens (tertiary/aromatic N) is 1. The molecule has 0 radical (unpaired) electrons. The van der Waals surface area contributed by atoms with Crippen LogP contribution in [0.3, 0.4) is 0 Å². The van der Waals surface area contributed by atoms with Crippen molar-refractivity contribution in [2.45, 2.75) is 13.3 Å². The van der Waals surface area contributed by atoms with E-state index in [1.165, 1.54) is 12.1 Å². The maximum atomic E-state index is 13.2. The average molecular weight is 370 g/mol. The summed E-state index contributed by atoms with van der Waals surface area (Å²) in [5, 5.41) is 6.58. The van der Waals surface area contributed by atoms with Gasteiger partial charge in [-0.2, -0.15) is 0 Å². The number of halogens is 2. The number of aromatic nitrogens is 1. The molecule has 0 saturated carbocycles. The fourth-order valence-corrected chi connectivity index (χ4v) is 2.62. The van der Waals surface area contributed by atoms with Crippen LogP contribution in [0.1, 0.15) is 11.1 Å². The number of carbonyl (C=O) groups is 1. The topological polar surface area (TPSA) is 54.0 Å². The van der Waals surface area contributed by atoms with Gasteiger partial charge in [0.25, 0.3) is 0 Å². The maximum Gasteiger partial charge on any atom is 0.228 e. The fourth-order valence-electron chi connectivity index (χ4n) is 2.45. The van der Waals surface area contributed by atoms with Crippen LogP contribution < -0.4 is 10.6 Å². The Morgan fingerprint density at radius 1 is 1.15 bits per heavy atom. The summed E-state index contributed by atoms with van der Waals surface area (Å²) in [7, 11) is 0. The lowest BCUT2D eigenvalue weighted by atomic mass is 10.1. The minimum Gasteiger partial charge on any atom is -0.340 e. The van der Waals surface area contributed by atoms with Crippen molar-refractivity contribution in [3.05, 3.63) is 82.8 Å². The van der Waals surface area contributed by atoms with Gasteiger partial charge in [-0.05, 0) is 54.4 Å². The van der Waals surface area contributed by atoms with Crippen molar-refractivity contribution in [3.63, 3.8) is 0 Å². The standard InChI is InChI=1S/C20H17ClFN3O/c1-13-5-6-15(21)11-18(13)25-19-8-7-17(12-23-19)24-20(26)10-14-3-2-4-16(22)9-14/h2-9,11-12H,10H2,1H3,(H,23,25)(H,24,26). The molecule has 1 amide bonds. The maximum absolute atomic E-state index is 13.2. The fraction of sp³-hybridized carbons (Fsp3) is 0.100. The Kier molecular flexibility index (Phi) is 5.49. The SMILES string of the molecule is Cc1ccc(Cl)cc1Nc1ccc(NC(=O)Cc2cccc(F)c2)cn1. The smallest absolute Gasteiger partial charge is 0.228 e. The lowest BCUT2D eigenvalue weighted by Gasteiger charge is -2.10. The molecule has 1 heterocycles. The van der Waals surface area contributed by atoms with Crippen molar-refractivity contribution in [2.24, 2.45) is 0 Å². The van der Waals surface area contributed by atoms with E-state index in [-0.39, 0.29) is 18.1 Å². The van der Waals surface area contributed by atoms with E-state index in [0.717, 1.165) is 11.3 Å². The largest absolute Gasteiger partial charge is 0.340 e. The molecule has 2 N–H and O–H groups in total. The second-order valence-electron chi connectivity index (χ2n) is 5.87. The van der Waals surface area contributed by atoms with Crippen LogP contribution in [0.2, 0.25) is 5.02 Å². The Bertz CT molecular complexity index is 929. The molecule has 6 heteroatoms. The van der Waals surface area contributed by atoms with E-state index >= 15 is 0 Å². The summed E-state index contributed by atoms with van der Waals surface area (Å²) in [6.07, 6.45) is 1.66. The van der Waals surface area contributed by atoms with Crippen LogP contribution in [0.5, 0.6) is 0 Å². The molecule has 132 valence electrons. The molecule has 0 atom stereocenters. The van der Waals surface area contributed by atoms with Gasteiger partial charge in [0.05, 0.1) is 18.3 Å². The Balaban J connectivity index is 1.62. The van der Waals surface area contributed by atoms with E-state index in [0.29, 0.717) is 22.1 Å². The van der Waals surface area contributed by atoms with Crippen molar-refractivity contribution in [1.82, 2.24) is 4.98 Å². The molecule has 2 aromatic carbocycles. The molecule has 3 rings (SSSR count). The van der Waals surface area contributed by atoms with Crippen LogP contribution in [-0.2, 0) is 11.2 Å². The van der Waals surface area contributed by atoms with Gasteiger partial charge in [-0.15, -0.1) is 0 Å². The highest BCUT2D eigenvalue weighted by Crippen LogP contribution is 2.23. The third-order valence-corrected chi connectivity index (χ3v) is 4.00. The van der Waals surface area contributed by atoms with Crippen molar-refractivity contribution in [2.75, 3.05) is 10.6 Å². The Labute approximate surface area is 156 Å². The number of aryl methyl sites for hydroxylation is 1. The lowest BCUT2D eigenvalue weighted by molar-refractivity contribution is -0.115. The first kappa shape index (κ1) is 17.9. The molecule has 0 bridgehead atoms.